The molecule has 0 aliphatic heterocycles. The van der Waals surface area contributed by atoms with Gasteiger partial charge in [0, 0.05) is 44.1 Å². The van der Waals surface area contributed by atoms with Crippen LogP contribution < -0.4 is 11.1 Å². The average Bonchev–Trinajstić information content (AvgIpc) is 3.01. The first-order valence-corrected chi connectivity index (χ1v) is 16.9. The number of aliphatic hydroxyl groups is 1. The molecule has 0 aliphatic carbocycles. The summed E-state index contributed by atoms with van der Waals surface area (Å²) >= 11 is 0. The molecule has 4 N–H and O–H groups in total. The second-order valence-electron chi connectivity index (χ2n) is 11.2. The van der Waals surface area contributed by atoms with Crippen LogP contribution in [-0.4, -0.2) is 72.0 Å². The van der Waals surface area contributed by atoms with Crippen LogP contribution in [0.2, 0.25) is 0 Å². The summed E-state index contributed by atoms with van der Waals surface area (Å²) in [4.78, 5) is 32.2. The number of carbonyl (C=O) groups is 2. The van der Waals surface area contributed by atoms with E-state index < -0.39 is 57.1 Å². The molecule has 2 amide bonds. The average molecular weight is 645 g/mol. The van der Waals surface area contributed by atoms with Crippen molar-refractivity contribution in [2.45, 2.75) is 58.2 Å². The summed E-state index contributed by atoms with van der Waals surface area (Å²) in [6, 6.07) is 12.6. The van der Waals surface area contributed by atoms with Gasteiger partial charge in [0.1, 0.15) is 11.6 Å². The van der Waals surface area contributed by atoms with Gasteiger partial charge in [0.15, 0.2) is 9.84 Å². The molecule has 0 saturated carbocycles. The number of aryl methyl sites for hydroxylation is 1. The van der Waals surface area contributed by atoms with Crippen LogP contribution >= 0.6 is 0 Å². The number of hydrogen-bond donors (Lipinski definition) is 3. The smallest absolute Gasteiger partial charge is 0.252 e. The van der Waals surface area contributed by atoms with Gasteiger partial charge in [-0.3, -0.25) is 14.6 Å². The fraction of sp³-hybridized carbons (Fsp3) is 0.424. The Morgan fingerprint density at radius 1 is 1.02 bits per heavy atom. The van der Waals surface area contributed by atoms with Crippen molar-refractivity contribution >= 4 is 21.7 Å². The number of carbonyl (C=O) groups excluding carboxylic acids is 2. The molecule has 1 unspecified atom stereocenters. The van der Waals surface area contributed by atoms with Crippen LogP contribution in [0.25, 0.3) is 0 Å². The maximum absolute atomic E-state index is 14.2. The van der Waals surface area contributed by atoms with Gasteiger partial charge in [-0.2, -0.15) is 0 Å². The van der Waals surface area contributed by atoms with Crippen LogP contribution in [0.1, 0.15) is 53.7 Å². The quantitative estimate of drug-likeness (QED) is 0.204. The van der Waals surface area contributed by atoms with Crippen LogP contribution in [-0.2, 0) is 34.0 Å². The number of amides is 2. The number of benzene rings is 2. The van der Waals surface area contributed by atoms with Gasteiger partial charge in [0.2, 0.25) is 5.91 Å². The number of rotatable bonds is 17. The zero-order valence-electron chi connectivity index (χ0n) is 25.7. The molecule has 0 bridgehead atoms. The summed E-state index contributed by atoms with van der Waals surface area (Å²) in [5, 5.41) is 13.8. The Hall–Kier alpha value is -3.74. The predicted molar refractivity (Wildman–Crippen MR) is 169 cm³/mol. The topological polar surface area (TPSA) is 143 Å². The number of pyridine rings is 1. The minimum absolute atomic E-state index is 0.0348. The van der Waals surface area contributed by atoms with E-state index >= 15 is 0 Å². The summed E-state index contributed by atoms with van der Waals surface area (Å²) in [5.74, 6) is -4.44. The standard InChI is InChI=1S/C33H42F2N4O5S/c1-3-5-12-45(43,44)22-27(19-38-32(41)26-10-7-11-37-18-26)33(42)39(20-24-9-6-8-23(4-2)13-24)21-31(40)30(36)16-25-14-28(34)17-29(35)15-25/h6-11,13-15,17-18,27,30-31,40H,3-5,12,16,19-22,36H2,1-2H3,(H,38,41)/t27?,30-,31+/m0/s1. The Morgan fingerprint density at radius 2 is 1.73 bits per heavy atom. The second-order valence-corrected chi connectivity index (χ2v) is 13.5. The first-order valence-electron chi connectivity index (χ1n) is 15.0. The number of halogens is 2. The number of nitrogens with two attached hydrogens (primary N) is 1. The summed E-state index contributed by atoms with van der Waals surface area (Å²) < 4.78 is 53.6. The Kier molecular flexibility index (Phi) is 13.6. The summed E-state index contributed by atoms with van der Waals surface area (Å²) in [6.07, 6.45) is 3.30. The second kappa shape index (κ2) is 17.1. The minimum Gasteiger partial charge on any atom is -0.390 e. The zero-order chi connectivity index (χ0) is 33.0. The lowest BCUT2D eigenvalue weighted by molar-refractivity contribution is -0.137. The van der Waals surface area contributed by atoms with Gasteiger partial charge in [-0.15, -0.1) is 0 Å². The van der Waals surface area contributed by atoms with Crippen molar-refractivity contribution in [1.82, 2.24) is 15.2 Å². The molecule has 3 atom stereocenters. The molecule has 0 radical (unpaired) electrons. The fourth-order valence-electron chi connectivity index (χ4n) is 4.94. The molecule has 3 aromatic rings. The normalized spacial score (nSPS) is 13.6. The predicted octanol–water partition coefficient (Wildman–Crippen LogP) is 3.44. The molecule has 45 heavy (non-hydrogen) atoms. The summed E-state index contributed by atoms with van der Waals surface area (Å²) in [5.41, 5.74) is 8.51. The van der Waals surface area contributed by atoms with Gasteiger partial charge >= 0.3 is 0 Å². The molecule has 2 aromatic carbocycles. The molecule has 0 aliphatic rings. The van der Waals surface area contributed by atoms with Crippen LogP contribution in [0.15, 0.2) is 67.0 Å². The number of unbranched alkanes of at least 4 members (excludes halogenated alkanes) is 1. The van der Waals surface area contributed by atoms with Crippen molar-refractivity contribution in [3.8, 4) is 0 Å². The van der Waals surface area contributed by atoms with Gasteiger partial charge in [-0.1, -0.05) is 44.5 Å². The molecule has 0 spiro atoms. The maximum Gasteiger partial charge on any atom is 0.252 e. The van der Waals surface area contributed by atoms with Crippen LogP contribution in [0.4, 0.5) is 8.78 Å². The molecule has 244 valence electrons. The largest absolute Gasteiger partial charge is 0.390 e. The Labute approximate surface area is 263 Å². The molecule has 3 rings (SSSR count). The molecule has 9 nitrogen and oxygen atoms in total. The monoisotopic (exact) mass is 644 g/mol. The van der Waals surface area contributed by atoms with Crippen molar-refractivity contribution in [2.24, 2.45) is 11.7 Å². The number of hydrogen-bond acceptors (Lipinski definition) is 7. The van der Waals surface area contributed by atoms with Gasteiger partial charge in [0.25, 0.3) is 5.91 Å². The molecule has 0 fully saturated rings. The van der Waals surface area contributed by atoms with Gasteiger partial charge in [0.05, 0.1) is 29.1 Å². The van der Waals surface area contributed by atoms with Gasteiger partial charge < -0.3 is 21.1 Å². The van der Waals surface area contributed by atoms with Crippen LogP contribution in [0.5, 0.6) is 0 Å². The van der Waals surface area contributed by atoms with E-state index in [0.717, 1.165) is 35.7 Å². The van der Waals surface area contributed by atoms with Gasteiger partial charge in [-0.25, -0.2) is 17.2 Å². The van der Waals surface area contributed by atoms with Crippen molar-refractivity contribution in [2.75, 3.05) is 24.6 Å². The van der Waals surface area contributed by atoms with Crippen LogP contribution in [0, 0.1) is 17.6 Å². The number of nitrogens with zero attached hydrogens (tertiary/aromatic N) is 2. The van der Waals surface area contributed by atoms with E-state index in [1.54, 1.807) is 12.1 Å². The molecular formula is C33H42F2N4O5S. The van der Waals surface area contributed by atoms with E-state index in [-0.39, 0.29) is 42.9 Å². The van der Waals surface area contributed by atoms with Crippen molar-refractivity contribution in [1.29, 1.82) is 0 Å². The highest BCUT2D eigenvalue weighted by Gasteiger charge is 2.32. The number of sulfone groups is 1. The first kappa shape index (κ1) is 35.7. The maximum atomic E-state index is 14.2. The lowest BCUT2D eigenvalue weighted by Gasteiger charge is -2.31. The Bertz CT molecular complexity index is 1500. The SMILES string of the molecule is CCCCS(=O)(=O)CC(CNC(=O)c1cccnc1)C(=O)N(Cc1cccc(CC)c1)C[C@@H](O)[C@@H](N)Cc1cc(F)cc(F)c1. The molecule has 1 aromatic heterocycles. The third-order valence-electron chi connectivity index (χ3n) is 7.43. The van der Waals surface area contributed by atoms with E-state index in [4.69, 9.17) is 5.73 Å². The van der Waals surface area contributed by atoms with E-state index in [1.807, 2.05) is 38.1 Å². The van der Waals surface area contributed by atoms with Gasteiger partial charge in [-0.05, 0) is 60.2 Å². The highest BCUT2D eigenvalue weighted by molar-refractivity contribution is 7.91. The molecule has 12 heteroatoms. The molecular weight excluding hydrogens is 602 g/mol. The zero-order valence-corrected chi connectivity index (χ0v) is 26.5. The minimum atomic E-state index is -3.68. The number of aliphatic hydroxyl groups excluding tert-OH is 1. The molecule has 1 heterocycles. The Balaban J connectivity index is 1.89. The number of aromatic nitrogens is 1. The lowest BCUT2D eigenvalue weighted by atomic mass is 10.00. The summed E-state index contributed by atoms with van der Waals surface area (Å²) in [6.45, 7) is 3.33. The van der Waals surface area contributed by atoms with Crippen molar-refractivity contribution in [3.63, 3.8) is 0 Å². The van der Waals surface area contributed by atoms with E-state index in [1.165, 1.54) is 17.3 Å². The fourth-order valence-corrected chi connectivity index (χ4v) is 6.71. The van der Waals surface area contributed by atoms with Crippen molar-refractivity contribution < 1.29 is 31.9 Å². The third-order valence-corrected chi connectivity index (χ3v) is 9.25. The first-order chi connectivity index (χ1) is 21.4. The van der Waals surface area contributed by atoms with Crippen LogP contribution in [0.3, 0.4) is 0 Å². The van der Waals surface area contributed by atoms with E-state index in [9.17, 15) is 31.9 Å². The molecule has 0 saturated heterocycles. The highest BCUT2D eigenvalue weighted by Crippen LogP contribution is 2.17. The summed E-state index contributed by atoms with van der Waals surface area (Å²) in [7, 11) is -3.68. The third kappa shape index (κ3) is 11.6. The van der Waals surface area contributed by atoms with E-state index in [2.05, 4.69) is 10.3 Å². The van der Waals surface area contributed by atoms with Crippen molar-refractivity contribution in [3.05, 3.63) is 101 Å². The Morgan fingerprint density at radius 3 is 2.38 bits per heavy atom. The lowest BCUT2D eigenvalue weighted by Crippen LogP contribution is -2.50. The van der Waals surface area contributed by atoms with E-state index in [0.29, 0.717) is 12.8 Å². The number of nitrogens with one attached hydrogen (secondary N) is 1. The highest BCUT2D eigenvalue weighted by atomic mass is 32.2.